The topological polar surface area (TPSA) is 137 Å². The van der Waals surface area contributed by atoms with Gasteiger partial charge in [0.2, 0.25) is 0 Å². The summed E-state index contributed by atoms with van der Waals surface area (Å²) in [7, 11) is -3.49. The van der Waals surface area contributed by atoms with Gasteiger partial charge in [-0.25, -0.2) is 9.59 Å². The molecule has 2 unspecified atom stereocenters. The third-order valence-electron chi connectivity index (χ3n) is 5.86. The van der Waals surface area contributed by atoms with E-state index in [-0.39, 0.29) is 34.7 Å². The van der Waals surface area contributed by atoms with E-state index in [4.69, 9.17) is 13.7 Å². The lowest BCUT2D eigenvalue weighted by Gasteiger charge is -2.16. The lowest BCUT2D eigenvalue weighted by atomic mass is 10.2. The molecule has 0 N–H and O–H groups in total. The number of hydrogen-bond donors (Lipinski definition) is 1. The van der Waals surface area contributed by atoms with Crippen molar-refractivity contribution in [2.75, 3.05) is 32.4 Å². The van der Waals surface area contributed by atoms with Gasteiger partial charge in [-0.3, -0.25) is 13.8 Å². The number of amides is 2. The van der Waals surface area contributed by atoms with Gasteiger partial charge in [-0.15, -0.1) is 12.6 Å². The minimum Gasteiger partial charge on any atom is -0.445 e. The van der Waals surface area contributed by atoms with Crippen LogP contribution in [0.4, 0.5) is 9.59 Å². The lowest BCUT2D eigenvalue weighted by molar-refractivity contribution is -0.109. The molecule has 0 spiro atoms. The van der Waals surface area contributed by atoms with Gasteiger partial charge >= 0.3 is 12.2 Å². The predicted octanol–water partition coefficient (Wildman–Crippen LogP) is 4.51. The van der Waals surface area contributed by atoms with E-state index >= 15 is 0 Å². The molecule has 0 radical (unpaired) electrons. The van der Waals surface area contributed by atoms with E-state index in [2.05, 4.69) is 12.6 Å². The number of likely N-dealkylation sites (tertiary alicyclic amines) is 2. The molecule has 2 heterocycles. The van der Waals surface area contributed by atoms with Crippen LogP contribution in [0.5, 0.6) is 0 Å². The first kappa shape index (κ1) is 36.1. The maximum atomic E-state index is 11.9. The zero-order valence-corrected chi connectivity index (χ0v) is 26.9. The van der Waals surface area contributed by atoms with Crippen molar-refractivity contribution < 1.29 is 41.3 Å². The van der Waals surface area contributed by atoms with Crippen molar-refractivity contribution in [3.8, 4) is 0 Å². The summed E-state index contributed by atoms with van der Waals surface area (Å²) in [6.45, 7) is 5.38. The molecule has 0 aromatic heterocycles. The minimum atomic E-state index is -3.49. The molecule has 14 heteroatoms. The number of thioether (sulfide) groups is 1. The number of hydrogen-bond acceptors (Lipinski definition) is 10. The highest BCUT2D eigenvalue weighted by molar-refractivity contribution is 8.14. The van der Waals surface area contributed by atoms with Crippen LogP contribution in [0.15, 0.2) is 60.7 Å². The molecule has 4 rings (SSSR count). The number of ether oxygens (including phenoxy) is 2. The van der Waals surface area contributed by atoms with Gasteiger partial charge in [0.05, 0.1) is 18.9 Å². The Morgan fingerprint density at radius 1 is 0.814 bits per heavy atom. The zero-order chi connectivity index (χ0) is 31.8. The van der Waals surface area contributed by atoms with Crippen molar-refractivity contribution in [1.82, 2.24) is 9.80 Å². The Kier molecular flexibility index (Phi) is 15.6. The van der Waals surface area contributed by atoms with Crippen molar-refractivity contribution in [3.05, 3.63) is 71.8 Å². The Morgan fingerprint density at radius 2 is 1.26 bits per heavy atom. The predicted molar refractivity (Wildman–Crippen MR) is 167 cm³/mol. The fraction of sp³-hybridized carbons (Fsp3) is 0.448. The molecule has 0 bridgehead atoms. The third kappa shape index (κ3) is 15.8. The van der Waals surface area contributed by atoms with Crippen molar-refractivity contribution >= 4 is 56.9 Å². The first-order valence-corrected chi connectivity index (χ1v) is 16.6. The number of thiol groups is 1. The highest BCUT2D eigenvalue weighted by atomic mass is 32.2. The Labute approximate surface area is 262 Å². The number of nitrogens with zero attached hydrogens (tertiary/aromatic N) is 2. The molecule has 236 valence electrons. The highest BCUT2D eigenvalue weighted by Crippen LogP contribution is 2.23. The van der Waals surface area contributed by atoms with Crippen LogP contribution in [0.1, 0.15) is 37.8 Å². The highest BCUT2D eigenvalue weighted by Gasteiger charge is 2.30. The molecular weight excluding hydrogens is 617 g/mol. The Balaban J connectivity index is 0.000000267. The number of benzene rings is 2. The van der Waals surface area contributed by atoms with Gasteiger partial charge in [-0.2, -0.15) is 8.42 Å². The van der Waals surface area contributed by atoms with Crippen LogP contribution in [0, 0.1) is 0 Å². The molecule has 2 atom stereocenters. The fourth-order valence-corrected chi connectivity index (χ4v) is 5.66. The van der Waals surface area contributed by atoms with Gasteiger partial charge in [0.15, 0.2) is 10.2 Å². The van der Waals surface area contributed by atoms with Crippen LogP contribution >= 0.6 is 24.4 Å². The Bertz CT molecular complexity index is 1290. The maximum absolute atomic E-state index is 11.9. The largest absolute Gasteiger partial charge is 0.445 e. The molecular formula is C29H38N2O9S3. The van der Waals surface area contributed by atoms with Gasteiger partial charge in [-0.05, 0) is 24.0 Å². The smallest absolute Gasteiger partial charge is 0.410 e. The van der Waals surface area contributed by atoms with E-state index in [0.717, 1.165) is 23.8 Å². The third-order valence-corrected chi connectivity index (χ3v) is 7.53. The van der Waals surface area contributed by atoms with Crippen LogP contribution in [0.3, 0.4) is 0 Å². The van der Waals surface area contributed by atoms with Gasteiger partial charge in [-0.1, -0.05) is 72.4 Å². The molecule has 0 saturated carbocycles. The standard InChI is InChI=1S/C14H17NO3S.C13H17NO5S.C2H4OS/c1-11(16)19-13-7-8-15(9-13)14(17)18-10-12-5-3-2-4-6-12;1-20(16,17)19-12-7-8-14(9-12)13(15)18-10-11-5-3-2-4-6-11;1-2(3)4/h2-6,13H,7-10H2,1H3;2-6,12H,7-10H2,1H3;1H3,(H,3,4). The van der Waals surface area contributed by atoms with Gasteiger partial charge in [0.25, 0.3) is 10.1 Å². The van der Waals surface area contributed by atoms with E-state index in [1.807, 2.05) is 60.7 Å². The van der Waals surface area contributed by atoms with Crippen molar-refractivity contribution in [1.29, 1.82) is 0 Å². The summed E-state index contributed by atoms with van der Waals surface area (Å²) in [6, 6.07) is 19.0. The zero-order valence-electron chi connectivity index (χ0n) is 24.4. The summed E-state index contributed by atoms with van der Waals surface area (Å²) >= 11 is 4.64. The number of carbonyl (C=O) groups excluding carboxylic acids is 4. The minimum absolute atomic E-state index is 0.101. The second-order valence-electron chi connectivity index (χ2n) is 9.72. The van der Waals surface area contributed by atoms with Gasteiger partial charge < -0.3 is 19.3 Å². The average molecular weight is 655 g/mol. The van der Waals surface area contributed by atoms with Crippen LogP contribution in [-0.2, 0) is 46.6 Å². The summed E-state index contributed by atoms with van der Waals surface area (Å²) in [4.78, 5) is 47.1. The van der Waals surface area contributed by atoms with E-state index in [0.29, 0.717) is 32.7 Å². The number of carbonyl (C=O) groups is 4. The molecule has 43 heavy (non-hydrogen) atoms. The summed E-state index contributed by atoms with van der Waals surface area (Å²) in [5.74, 6) is 0. The monoisotopic (exact) mass is 654 g/mol. The molecule has 11 nitrogen and oxygen atoms in total. The summed E-state index contributed by atoms with van der Waals surface area (Å²) in [5, 5.41) is 0.172. The summed E-state index contributed by atoms with van der Waals surface area (Å²) < 4.78 is 37.3. The van der Waals surface area contributed by atoms with Gasteiger partial charge in [0.1, 0.15) is 13.2 Å². The number of rotatable bonds is 7. The summed E-state index contributed by atoms with van der Waals surface area (Å²) in [5.41, 5.74) is 1.88. The molecule has 2 aromatic rings. The molecule has 0 aliphatic carbocycles. The molecule has 2 aromatic carbocycles. The first-order chi connectivity index (χ1) is 20.3. The van der Waals surface area contributed by atoms with E-state index in [9.17, 15) is 27.6 Å². The Morgan fingerprint density at radius 3 is 1.70 bits per heavy atom. The van der Waals surface area contributed by atoms with E-state index < -0.39 is 22.3 Å². The second-order valence-corrected chi connectivity index (χ2v) is 13.4. The lowest BCUT2D eigenvalue weighted by Crippen LogP contribution is -2.31. The summed E-state index contributed by atoms with van der Waals surface area (Å²) in [6.07, 6.45) is 1.12. The van der Waals surface area contributed by atoms with E-state index in [1.165, 1.54) is 23.6 Å². The van der Waals surface area contributed by atoms with Crippen LogP contribution in [0.2, 0.25) is 0 Å². The maximum Gasteiger partial charge on any atom is 0.410 e. The first-order valence-electron chi connectivity index (χ1n) is 13.5. The molecule has 2 aliphatic heterocycles. The Hall–Kier alpha value is -3.07. The average Bonchev–Trinajstić information content (AvgIpc) is 3.60. The van der Waals surface area contributed by atoms with Crippen molar-refractivity contribution in [2.24, 2.45) is 0 Å². The van der Waals surface area contributed by atoms with Crippen LogP contribution in [0.25, 0.3) is 0 Å². The van der Waals surface area contributed by atoms with Crippen LogP contribution < -0.4 is 0 Å². The molecule has 2 saturated heterocycles. The molecule has 2 aliphatic rings. The quantitative estimate of drug-likeness (QED) is 0.335. The van der Waals surface area contributed by atoms with E-state index in [1.54, 1.807) is 11.8 Å². The van der Waals surface area contributed by atoms with Crippen molar-refractivity contribution in [3.63, 3.8) is 0 Å². The van der Waals surface area contributed by atoms with Gasteiger partial charge in [0, 0.05) is 38.7 Å². The van der Waals surface area contributed by atoms with Crippen LogP contribution in [-0.4, -0.2) is 84.4 Å². The SMILES string of the molecule is CC(=O)S.CC(=O)SC1CCN(C(=O)OCc2ccccc2)C1.CS(=O)(=O)OC1CCN(C(=O)OCc2ccccc2)C1. The fourth-order valence-electron chi connectivity index (χ4n) is 4.07. The van der Waals surface area contributed by atoms with Crippen molar-refractivity contribution in [2.45, 2.75) is 51.3 Å². The second kappa shape index (κ2) is 18.6. The normalized spacial score (nSPS) is 17.6. The molecule has 2 amide bonds. The molecule has 2 fully saturated rings.